The summed E-state index contributed by atoms with van der Waals surface area (Å²) in [5.41, 5.74) is 9.36. The average molecular weight is 288 g/mol. The Kier molecular flexibility index (Phi) is 3.34. The highest BCUT2D eigenvalue weighted by atomic mass is 35.5. The van der Waals surface area contributed by atoms with E-state index in [1.165, 1.54) is 0 Å². The van der Waals surface area contributed by atoms with Gasteiger partial charge < -0.3 is 10.5 Å². The maximum Gasteiger partial charge on any atom is 0.138 e. The molecule has 0 amide bonds. The highest BCUT2D eigenvalue weighted by Crippen LogP contribution is 2.28. The van der Waals surface area contributed by atoms with E-state index >= 15 is 0 Å². The molecular weight excluding hydrogens is 274 g/mol. The molecule has 0 aliphatic heterocycles. The van der Waals surface area contributed by atoms with Crippen LogP contribution in [0.5, 0.6) is 5.75 Å². The number of nitrogens with zero attached hydrogens (tertiary/aromatic N) is 2. The molecule has 0 atom stereocenters. The molecule has 4 nitrogen and oxygen atoms in total. The van der Waals surface area contributed by atoms with E-state index in [0.29, 0.717) is 11.7 Å². The predicted molar refractivity (Wildman–Crippen MR) is 80.1 cm³/mol. The lowest BCUT2D eigenvalue weighted by Crippen LogP contribution is -2.03. The fraction of sp³-hybridized carbons (Fsp3) is 0.133. The van der Waals surface area contributed by atoms with Gasteiger partial charge in [-0.05, 0) is 24.3 Å². The number of ether oxygens (including phenoxy) is 1. The van der Waals surface area contributed by atoms with Crippen molar-refractivity contribution in [2.45, 2.75) is 6.54 Å². The van der Waals surface area contributed by atoms with E-state index in [4.69, 9.17) is 22.1 Å². The Bertz CT molecular complexity index is 767. The van der Waals surface area contributed by atoms with Gasteiger partial charge in [-0.25, -0.2) is 4.98 Å². The molecule has 2 N–H and O–H groups in total. The normalized spacial score (nSPS) is 10.9. The Morgan fingerprint density at radius 2 is 2.05 bits per heavy atom. The zero-order chi connectivity index (χ0) is 14.1. The van der Waals surface area contributed by atoms with Gasteiger partial charge in [-0.3, -0.25) is 4.40 Å². The SMILES string of the molecule is COc1cccc(-c2nc3cccc(Cl)n3c2CN)c1. The van der Waals surface area contributed by atoms with Gasteiger partial charge in [0.25, 0.3) is 0 Å². The summed E-state index contributed by atoms with van der Waals surface area (Å²) in [5.74, 6) is 0.786. The van der Waals surface area contributed by atoms with Crippen LogP contribution >= 0.6 is 11.6 Å². The third kappa shape index (κ3) is 2.03. The summed E-state index contributed by atoms with van der Waals surface area (Å²) < 4.78 is 7.13. The summed E-state index contributed by atoms with van der Waals surface area (Å²) in [6.45, 7) is 0.359. The Hall–Kier alpha value is -2.04. The number of hydrogen-bond acceptors (Lipinski definition) is 3. The van der Waals surface area contributed by atoms with Crippen molar-refractivity contribution in [3.05, 3.63) is 53.3 Å². The van der Waals surface area contributed by atoms with E-state index in [-0.39, 0.29) is 0 Å². The maximum absolute atomic E-state index is 6.24. The largest absolute Gasteiger partial charge is 0.497 e. The summed E-state index contributed by atoms with van der Waals surface area (Å²) in [4.78, 5) is 4.63. The molecule has 3 aromatic rings. The number of hydrogen-bond donors (Lipinski definition) is 1. The molecule has 0 fully saturated rings. The monoisotopic (exact) mass is 287 g/mol. The third-order valence-corrected chi connectivity index (χ3v) is 3.52. The minimum atomic E-state index is 0.359. The van der Waals surface area contributed by atoms with Crippen molar-refractivity contribution in [2.75, 3.05) is 7.11 Å². The number of benzene rings is 1. The second-order valence-electron chi connectivity index (χ2n) is 4.39. The quantitative estimate of drug-likeness (QED) is 0.753. The summed E-state index contributed by atoms with van der Waals surface area (Å²) in [7, 11) is 1.64. The Balaban J connectivity index is 2.27. The molecule has 3 rings (SSSR count). The minimum Gasteiger partial charge on any atom is -0.497 e. The van der Waals surface area contributed by atoms with E-state index in [1.807, 2.05) is 46.9 Å². The molecule has 0 aliphatic rings. The molecule has 0 bridgehead atoms. The fourth-order valence-electron chi connectivity index (χ4n) is 2.30. The smallest absolute Gasteiger partial charge is 0.138 e. The molecule has 0 unspecified atom stereocenters. The number of imidazole rings is 1. The van der Waals surface area contributed by atoms with Crippen LogP contribution in [0.4, 0.5) is 0 Å². The van der Waals surface area contributed by atoms with Crippen molar-refractivity contribution in [2.24, 2.45) is 5.73 Å². The van der Waals surface area contributed by atoms with E-state index in [0.717, 1.165) is 28.3 Å². The van der Waals surface area contributed by atoms with Crippen LogP contribution < -0.4 is 10.5 Å². The molecule has 102 valence electrons. The second kappa shape index (κ2) is 5.15. The number of rotatable bonds is 3. The number of nitrogens with two attached hydrogens (primary N) is 1. The lowest BCUT2D eigenvalue weighted by Gasteiger charge is -2.05. The van der Waals surface area contributed by atoms with Crippen LogP contribution in [-0.2, 0) is 6.54 Å². The molecule has 20 heavy (non-hydrogen) atoms. The van der Waals surface area contributed by atoms with Crippen LogP contribution in [0.15, 0.2) is 42.5 Å². The maximum atomic E-state index is 6.24. The zero-order valence-electron chi connectivity index (χ0n) is 11.0. The van der Waals surface area contributed by atoms with Gasteiger partial charge >= 0.3 is 0 Å². The van der Waals surface area contributed by atoms with Crippen molar-refractivity contribution >= 4 is 17.2 Å². The van der Waals surface area contributed by atoms with Crippen LogP contribution in [-0.4, -0.2) is 16.5 Å². The summed E-state index contributed by atoms with van der Waals surface area (Å²) >= 11 is 6.24. The molecule has 0 spiro atoms. The predicted octanol–water partition coefficient (Wildman–Crippen LogP) is 3.12. The Morgan fingerprint density at radius 3 is 2.80 bits per heavy atom. The summed E-state index contributed by atoms with van der Waals surface area (Å²) in [6.07, 6.45) is 0. The van der Waals surface area contributed by atoms with Gasteiger partial charge in [-0.1, -0.05) is 29.8 Å². The third-order valence-electron chi connectivity index (χ3n) is 3.23. The highest BCUT2D eigenvalue weighted by Gasteiger charge is 2.14. The Morgan fingerprint density at radius 1 is 1.25 bits per heavy atom. The molecule has 2 aromatic heterocycles. The summed E-state index contributed by atoms with van der Waals surface area (Å²) in [5, 5.41) is 0.601. The highest BCUT2D eigenvalue weighted by molar-refractivity contribution is 6.29. The minimum absolute atomic E-state index is 0.359. The first kappa shape index (κ1) is 13.0. The van der Waals surface area contributed by atoms with Crippen LogP contribution in [0.25, 0.3) is 16.9 Å². The van der Waals surface area contributed by atoms with Crippen molar-refractivity contribution in [1.82, 2.24) is 9.38 Å². The lowest BCUT2D eigenvalue weighted by atomic mass is 10.1. The molecule has 5 heteroatoms. The van der Waals surface area contributed by atoms with E-state index < -0.39 is 0 Å². The van der Waals surface area contributed by atoms with Crippen LogP contribution in [0, 0.1) is 0 Å². The van der Waals surface area contributed by atoms with E-state index in [1.54, 1.807) is 7.11 Å². The molecule has 0 aliphatic carbocycles. The molecule has 0 saturated heterocycles. The van der Waals surface area contributed by atoms with Gasteiger partial charge in [-0.15, -0.1) is 0 Å². The molecule has 0 saturated carbocycles. The Labute approximate surface area is 121 Å². The van der Waals surface area contributed by atoms with Crippen molar-refractivity contribution in [1.29, 1.82) is 0 Å². The van der Waals surface area contributed by atoms with Gasteiger partial charge in [0.1, 0.15) is 16.5 Å². The van der Waals surface area contributed by atoms with Gasteiger partial charge in [0.2, 0.25) is 0 Å². The molecular formula is C15H14ClN3O. The van der Waals surface area contributed by atoms with Crippen molar-refractivity contribution in [3.8, 4) is 17.0 Å². The molecule has 2 heterocycles. The number of halogens is 1. The van der Waals surface area contributed by atoms with Crippen LogP contribution in [0.1, 0.15) is 5.69 Å². The zero-order valence-corrected chi connectivity index (χ0v) is 11.8. The van der Waals surface area contributed by atoms with E-state index in [2.05, 4.69) is 4.98 Å². The first-order chi connectivity index (χ1) is 9.74. The fourth-order valence-corrected chi connectivity index (χ4v) is 2.56. The number of methoxy groups -OCH3 is 1. The van der Waals surface area contributed by atoms with Gasteiger partial charge in [0, 0.05) is 12.1 Å². The molecule has 1 aromatic carbocycles. The molecule has 0 radical (unpaired) electrons. The number of aromatic nitrogens is 2. The van der Waals surface area contributed by atoms with Crippen LogP contribution in [0.3, 0.4) is 0 Å². The summed E-state index contributed by atoms with van der Waals surface area (Å²) in [6, 6.07) is 13.4. The van der Waals surface area contributed by atoms with Gasteiger partial charge in [-0.2, -0.15) is 0 Å². The van der Waals surface area contributed by atoms with Crippen LogP contribution in [0.2, 0.25) is 5.15 Å². The van der Waals surface area contributed by atoms with Crippen molar-refractivity contribution in [3.63, 3.8) is 0 Å². The van der Waals surface area contributed by atoms with E-state index in [9.17, 15) is 0 Å². The number of fused-ring (bicyclic) bond motifs is 1. The van der Waals surface area contributed by atoms with Crippen molar-refractivity contribution < 1.29 is 4.74 Å². The number of pyridine rings is 1. The first-order valence-electron chi connectivity index (χ1n) is 6.25. The topological polar surface area (TPSA) is 52.5 Å². The van der Waals surface area contributed by atoms with Gasteiger partial charge in [0.05, 0.1) is 18.5 Å². The second-order valence-corrected chi connectivity index (χ2v) is 4.77. The average Bonchev–Trinajstić information content (AvgIpc) is 2.87. The van der Waals surface area contributed by atoms with Gasteiger partial charge in [0.15, 0.2) is 0 Å². The first-order valence-corrected chi connectivity index (χ1v) is 6.62. The standard InChI is InChI=1S/C15H14ClN3O/c1-20-11-5-2-4-10(8-11)15-12(9-17)19-13(16)6-3-7-14(19)18-15/h2-8H,9,17H2,1H3. The lowest BCUT2D eigenvalue weighted by molar-refractivity contribution is 0.415.